The zero-order valence-corrected chi connectivity index (χ0v) is 17.8. The third kappa shape index (κ3) is 9.08. The molecule has 0 aliphatic heterocycles. The van der Waals surface area contributed by atoms with Gasteiger partial charge in [0, 0.05) is 0 Å². The number of hydrogen-bond donors (Lipinski definition) is 0. The lowest BCUT2D eigenvalue weighted by Crippen LogP contribution is -2.39. The number of rotatable bonds is 12. The predicted octanol–water partition coefficient (Wildman–Crippen LogP) is 7.01. The van der Waals surface area contributed by atoms with Gasteiger partial charge in [0.1, 0.15) is 0 Å². The summed E-state index contributed by atoms with van der Waals surface area (Å²) >= 11 is 0. The van der Waals surface area contributed by atoms with Crippen molar-refractivity contribution in [3.63, 3.8) is 0 Å². The fourth-order valence-electron chi connectivity index (χ4n) is 3.41. The lowest BCUT2D eigenvalue weighted by molar-refractivity contribution is -0.161. The molecule has 0 aromatic carbocycles. The average Bonchev–Trinajstić information content (AvgIpc) is 2.47. The Kier molecular flexibility index (Phi) is 10.9. The van der Waals surface area contributed by atoms with Gasteiger partial charge >= 0.3 is 5.97 Å². The molecule has 2 atom stereocenters. The maximum atomic E-state index is 12.8. The van der Waals surface area contributed by atoms with Crippen LogP contribution in [0, 0.1) is 22.7 Å². The van der Waals surface area contributed by atoms with Crippen LogP contribution in [0.3, 0.4) is 0 Å². The molecule has 0 N–H and O–H groups in total. The van der Waals surface area contributed by atoms with Crippen LogP contribution in [0.4, 0.5) is 0 Å². The molecular weight excluding hydrogens is 296 g/mol. The first-order valence-corrected chi connectivity index (χ1v) is 10.2. The van der Waals surface area contributed by atoms with Gasteiger partial charge in [-0.05, 0) is 37.0 Å². The van der Waals surface area contributed by atoms with Crippen molar-refractivity contribution in [3.8, 4) is 0 Å². The molecule has 0 saturated carbocycles. The van der Waals surface area contributed by atoms with Gasteiger partial charge in [0.15, 0.2) is 0 Å². The van der Waals surface area contributed by atoms with Gasteiger partial charge < -0.3 is 4.74 Å². The quantitative estimate of drug-likeness (QED) is 0.282. The molecular formula is C22H44O2. The van der Waals surface area contributed by atoms with Crippen LogP contribution >= 0.6 is 0 Å². The highest BCUT2D eigenvalue weighted by atomic mass is 16.5. The van der Waals surface area contributed by atoms with E-state index in [1.54, 1.807) is 0 Å². The Morgan fingerprint density at radius 1 is 0.958 bits per heavy atom. The van der Waals surface area contributed by atoms with E-state index in [0.29, 0.717) is 18.4 Å². The van der Waals surface area contributed by atoms with Gasteiger partial charge in [0.2, 0.25) is 0 Å². The maximum absolute atomic E-state index is 12.8. The van der Waals surface area contributed by atoms with Crippen molar-refractivity contribution < 1.29 is 9.53 Å². The molecule has 2 unspecified atom stereocenters. The van der Waals surface area contributed by atoms with E-state index in [9.17, 15) is 4.79 Å². The second kappa shape index (κ2) is 11.2. The van der Waals surface area contributed by atoms with Crippen LogP contribution < -0.4 is 0 Å². The van der Waals surface area contributed by atoms with Gasteiger partial charge in [-0.3, -0.25) is 4.79 Å². The van der Waals surface area contributed by atoms with Crippen molar-refractivity contribution >= 4 is 5.97 Å². The molecule has 0 spiro atoms. The lowest BCUT2D eigenvalue weighted by atomic mass is 9.69. The highest BCUT2D eigenvalue weighted by molar-refractivity contribution is 5.76. The molecule has 0 radical (unpaired) electrons. The van der Waals surface area contributed by atoms with E-state index >= 15 is 0 Å². The predicted molar refractivity (Wildman–Crippen MR) is 105 cm³/mol. The molecule has 0 aromatic heterocycles. The van der Waals surface area contributed by atoms with Crippen LogP contribution in [-0.4, -0.2) is 12.6 Å². The van der Waals surface area contributed by atoms with Gasteiger partial charge in [-0.25, -0.2) is 0 Å². The molecule has 24 heavy (non-hydrogen) atoms. The van der Waals surface area contributed by atoms with Crippen LogP contribution in [0.5, 0.6) is 0 Å². The van der Waals surface area contributed by atoms with Gasteiger partial charge in [-0.15, -0.1) is 0 Å². The van der Waals surface area contributed by atoms with Crippen molar-refractivity contribution in [1.82, 2.24) is 0 Å². The first kappa shape index (κ1) is 23.5. The van der Waals surface area contributed by atoms with E-state index in [2.05, 4.69) is 55.4 Å². The van der Waals surface area contributed by atoms with E-state index in [1.807, 2.05) is 0 Å². The molecule has 0 aliphatic rings. The van der Waals surface area contributed by atoms with E-state index in [-0.39, 0.29) is 11.4 Å². The number of carbonyl (C=O) groups is 1. The van der Waals surface area contributed by atoms with Crippen molar-refractivity contribution in [3.05, 3.63) is 0 Å². The lowest BCUT2D eigenvalue weighted by Gasteiger charge is -2.37. The summed E-state index contributed by atoms with van der Waals surface area (Å²) in [5.41, 5.74) is -0.265. The molecule has 0 aliphatic carbocycles. The first-order valence-electron chi connectivity index (χ1n) is 10.2. The Morgan fingerprint density at radius 3 is 2.00 bits per heavy atom. The molecule has 2 heteroatoms. The first-order chi connectivity index (χ1) is 11.1. The summed E-state index contributed by atoms with van der Waals surface area (Å²) in [5, 5.41) is 0. The summed E-state index contributed by atoms with van der Waals surface area (Å²) in [6.07, 6.45) is 9.69. The second-order valence-corrected chi connectivity index (χ2v) is 9.39. The zero-order chi connectivity index (χ0) is 18.8. The highest BCUT2D eigenvalue weighted by Gasteiger charge is 2.41. The molecule has 0 bridgehead atoms. The van der Waals surface area contributed by atoms with E-state index in [0.717, 1.165) is 12.8 Å². The SMILES string of the molecule is CCCCCCCC(CC)COC(=O)C(C)(CC(C)(C)C)C(C)C. The summed E-state index contributed by atoms with van der Waals surface area (Å²) in [7, 11) is 0. The molecule has 0 fully saturated rings. The van der Waals surface area contributed by atoms with Gasteiger partial charge in [0.25, 0.3) is 0 Å². The zero-order valence-electron chi connectivity index (χ0n) is 17.8. The standard InChI is InChI=1S/C22H44O2/c1-9-11-12-13-14-15-19(10-2)16-24-20(23)22(8,18(3)4)17-21(5,6)7/h18-19H,9-17H2,1-8H3. The Hall–Kier alpha value is -0.530. The van der Waals surface area contributed by atoms with Gasteiger partial charge in [-0.2, -0.15) is 0 Å². The fourth-order valence-corrected chi connectivity index (χ4v) is 3.41. The third-order valence-corrected chi connectivity index (χ3v) is 5.38. The van der Waals surface area contributed by atoms with Crippen molar-refractivity contribution in [2.75, 3.05) is 6.61 Å². The molecule has 144 valence electrons. The summed E-state index contributed by atoms with van der Waals surface area (Å²) in [6.45, 7) is 18.0. The largest absolute Gasteiger partial charge is 0.465 e. The number of esters is 1. The smallest absolute Gasteiger partial charge is 0.312 e. The van der Waals surface area contributed by atoms with Crippen molar-refractivity contribution in [1.29, 1.82) is 0 Å². The van der Waals surface area contributed by atoms with Crippen LogP contribution in [0.2, 0.25) is 0 Å². The second-order valence-electron chi connectivity index (χ2n) is 9.39. The maximum Gasteiger partial charge on any atom is 0.312 e. The van der Waals surface area contributed by atoms with Crippen LogP contribution in [0.25, 0.3) is 0 Å². The minimum atomic E-state index is -0.391. The van der Waals surface area contributed by atoms with Gasteiger partial charge in [-0.1, -0.05) is 87.0 Å². The van der Waals surface area contributed by atoms with Gasteiger partial charge in [0.05, 0.1) is 12.0 Å². The number of hydrogen-bond acceptors (Lipinski definition) is 2. The molecule has 2 nitrogen and oxygen atoms in total. The molecule has 0 heterocycles. The molecule has 0 aromatic rings. The van der Waals surface area contributed by atoms with Crippen LogP contribution in [0.1, 0.15) is 107 Å². The summed E-state index contributed by atoms with van der Waals surface area (Å²) < 4.78 is 5.81. The van der Waals surface area contributed by atoms with Crippen molar-refractivity contribution in [2.24, 2.45) is 22.7 Å². The Morgan fingerprint density at radius 2 is 1.54 bits per heavy atom. The Balaban J connectivity index is 4.48. The number of ether oxygens (including phenoxy) is 1. The van der Waals surface area contributed by atoms with Crippen molar-refractivity contribution in [2.45, 2.75) is 107 Å². The highest BCUT2D eigenvalue weighted by Crippen LogP contribution is 2.40. The number of carbonyl (C=O) groups excluding carboxylic acids is 1. The van der Waals surface area contributed by atoms with E-state index in [1.165, 1.54) is 38.5 Å². The van der Waals surface area contributed by atoms with E-state index < -0.39 is 5.41 Å². The number of unbranched alkanes of at least 4 members (excludes halogenated alkanes) is 4. The third-order valence-electron chi connectivity index (χ3n) is 5.38. The average molecular weight is 341 g/mol. The fraction of sp³-hybridized carbons (Fsp3) is 0.955. The molecule has 0 saturated heterocycles. The topological polar surface area (TPSA) is 26.3 Å². The minimum absolute atomic E-state index is 0.00291. The Bertz CT molecular complexity index is 340. The Labute approximate surface area is 152 Å². The summed E-state index contributed by atoms with van der Waals surface area (Å²) in [6, 6.07) is 0. The van der Waals surface area contributed by atoms with Crippen LogP contribution in [-0.2, 0) is 9.53 Å². The molecule has 0 rings (SSSR count). The van der Waals surface area contributed by atoms with Crippen LogP contribution in [0.15, 0.2) is 0 Å². The monoisotopic (exact) mass is 340 g/mol. The molecule has 0 amide bonds. The normalized spacial score (nSPS) is 16.0. The summed E-state index contributed by atoms with van der Waals surface area (Å²) in [4.78, 5) is 12.8. The van der Waals surface area contributed by atoms with E-state index in [4.69, 9.17) is 4.74 Å². The minimum Gasteiger partial charge on any atom is -0.465 e. The summed E-state index contributed by atoms with van der Waals surface area (Å²) in [5.74, 6) is 0.803.